The first kappa shape index (κ1) is 11.9. The molecular formula is C8H16N2O3. The van der Waals surface area contributed by atoms with Crippen molar-refractivity contribution in [3.8, 4) is 0 Å². The molecule has 0 spiro atoms. The number of amides is 2. The highest BCUT2D eigenvalue weighted by Crippen LogP contribution is 1.80. The molecule has 0 aromatic rings. The molecule has 0 rings (SSSR count). The number of hydrogen-bond donors (Lipinski definition) is 2. The Morgan fingerprint density at radius 2 is 2.15 bits per heavy atom. The Hall–Kier alpha value is -1.10. The van der Waals surface area contributed by atoms with Crippen molar-refractivity contribution in [2.45, 2.75) is 19.8 Å². The minimum Gasteiger partial charge on any atom is -0.372 e. The van der Waals surface area contributed by atoms with Crippen LogP contribution in [0.5, 0.6) is 0 Å². The summed E-state index contributed by atoms with van der Waals surface area (Å²) in [5.74, 6) is -0.635. The molecule has 0 aliphatic rings. The van der Waals surface area contributed by atoms with E-state index in [2.05, 4.69) is 5.32 Å². The first-order valence-electron chi connectivity index (χ1n) is 4.29. The summed E-state index contributed by atoms with van der Waals surface area (Å²) in [6, 6.07) is 0. The van der Waals surface area contributed by atoms with Gasteiger partial charge in [0.05, 0.1) is 0 Å². The SMILES string of the molecule is CCCOCC(=O)NCCC(N)=O. The van der Waals surface area contributed by atoms with Gasteiger partial charge in [-0.25, -0.2) is 0 Å². The number of primary amides is 1. The van der Waals surface area contributed by atoms with Crippen LogP contribution in [0.2, 0.25) is 0 Å². The number of ether oxygens (including phenoxy) is 1. The van der Waals surface area contributed by atoms with Crippen LogP contribution in [0.3, 0.4) is 0 Å². The summed E-state index contributed by atoms with van der Waals surface area (Å²) in [6.07, 6.45) is 1.05. The van der Waals surface area contributed by atoms with Gasteiger partial charge in [-0.2, -0.15) is 0 Å². The fourth-order valence-electron chi connectivity index (χ4n) is 0.685. The smallest absolute Gasteiger partial charge is 0.246 e. The van der Waals surface area contributed by atoms with Crippen molar-refractivity contribution < 1.29 is 14.3 Å². The lowest BCUT2D eigenvalue weighted by atomic mass is 10.4. The maximum absolute atomic E-state index is 10.9. The van der Waals surface area contributed by atoms with E-state index in [-0.39, 0.29) is 25.5 Å². The number of nitrogens with one attached hydrogen (secondary N) is 1. The summed E-state index contributed by atoms with van der Waals surface area (Å²) in [4.78, 5) is 21.2. The molecule has 0 bridgehead atoms. The van der Waals surface area contributed by atoms with Crippen LogP contribution in [-0.4, -0.2) is 31.6 Å². The topological polar surface area (TPSA) is 81.4 Å². The summed E-state index contributed by atoms with van der Waals surface area (Å²) in [7, 11) is 0. The molecule has 76 valence electrons. The molecule has 0 aromatic heterocycles. The third-order valence-electron chi connectivity index (χ3n) is 1.28. The molecule has 0 saturated carbocycles. The molecule has 5 nitrogen and oxygen atoms in total. The van der Waals surface area contributed by atoms with E-state index in [1.807, 2.05) is 6.92 Å². The molecule has 0 saturated heterocycles. The van der Waals surface area contributed by atoms with Crippen molar-refractivity contribution in [1.82, 2.24) is 5.32 Å². The monoisotopic (exact) mass is 188 g/mol. The highest BCUT2D eigenvalue weighted by molar-refractivity contribution is 5.78. The fourth-order valence-corrected chi connectivity index (χ4v) is 0.685. The first-order valence-corrected chi connectivity index (χ1v) is 4.29. The van der Waals surface area contributed by atoms with E-state index in [9.17, 15) is 9.59 Å². The zero-order chi connectivity index (χ0) is 10.1. The Kier molecular flexibility index (Phi) is 6.91. The van der Waals surface area contributed by atoms with Crippen LogP contribution in [0.15, 0.2) is 0 Å². The van der Waals surface area contributed by atoms with Crippen LogP contribution in [-0.2, 0) is 14.3 Å². The molecule has 3 N–H and O–H groups in total. The van der Waals surface area contributed by atoms with Gasteiger partial charge >= 0.3 is 0 Å². The van der Waals surface area contributed by atoms with Gasteiger partial charge in [-0.05, 0) is 6.42 Å². The average molecular weight is 188 g/mol. The van der Waals surface area contributed by atoms with Gasteiger partial charge in [0.25, 0.3) is 0 Å². The van der Waals surface area contributed by atoms with Crippen molar-refractivity contribution in [3.05, 3.63) is 0 Å². The van der Waals surface area contributed by atoms with Crippen LogP contribution in [0.25, 0.3) is 0 Å². The molecule has 0 aliphatic carbocycles. The molecule has 13 heavy (non-hydrogen) atoms. The molecule has 2 amide bonds. The minimum absolute atomic E-state index is 0.0482. The Balaban J connectivity index is 3.25. The van der Waals surface area contributed by atoms with E-state index in [1.165, 1.54) is 0 Å². The maximum atomic E-state index is 10.9. The van der Waals surface area contributed by atoms with Crippen molar-refractivity contribution in [2.75, 3.05) is 19.8 Å². The molecule has 0 radical (unpaired) electrons. The third kappa shape index (κ3) is 8.81. The second kappa shape index (κ2) is 7.54. The lowest BCUT2D eigenvalue weighted by molar-refractivity contribution is -0.125. The van der Waals surface area contributed by atoms with E-state index in [0.717, 1.165) is 6.42 Å². The Bertz CT molecular complexity index is 171. The van der Waals surface area contributed by atoms with E-state index < -0.39 is 5.91 Å². The van der Waals surface area contributed by atoms with Crippen molar-refractivity contribution in [2.24, 2.45) is 5.73 Å². The van der Waals surface area contributed by atoms with Gasteiger partial charge in [0.2, 0.25) is 11.8 Å². The van der Waals surface area contributed by atoms with Crippen molar-refractivity contribution in [1.29, 1.82) is 0 Å². The summed E-state index contributed by atoms with van der Waals surface area (Å²) in [5.41, 5.74) is 4.88. The van der Waals surface area contributed by atoms with E-state index in [0.29, 0.717) is 6.61 Å². The van der Waals surface area contributed by atoms with Gasteiger partial charge in [-0.1, -0.05) is 6.92 Å². The van der Waals surface area contributed by atoms with Gasteiger partial charge in [0.15, 0.2) is 0 Å². The van der Waals surface area contributed by atoms with Crippen LogP contribution in [0.1, 0.15) is 19.8 Å². The minimum atomic E-state index is -0.422. The second-order valence-corrected chi connectivity index (χ2v) is 2.62. The quantitative estimate of drug-likeness (QED) is 0.524. The Morgan fingerprint density at radius 3 is 2.69 bits per heavy atom. The van der Waals surface area contributed by atoms with E-state index >= 15 is 0 Å². The lowest BCUT2D eigenvalue weighted by Gasteiger charge is -2.03. The predicted molar refractivity (Wildman–Crippen MR) is 47.9 cm³/mol. The first-order chi connectivity index (χ1) is 6.16. The zero-order valence-electron chi connectivity index (χ0n) is 7.84. The molecule has 0 aliphatic heterocycles. The van der Waals surface area contributed by atoms with Gasteiger partial charge in [-0.15, -0.1) is 0 Å². The fraction of sp³-hybridized carbons (Fsp3) is 0.750. The molecule has 5 heteroatoms. The highest BCUT2D eigenvalue weighted by Gasteiger charge is 2.00. The van der Waals surface area contributed by atoms with Crippen molar-refractivity contribution in [3.63, 3.8) is 0 Å². The molecular weight excluding hydrogens is 172 g/mol. The van der Waals surface area contributed by atoms with Crippen LogP contribution in [0.4, 0.5) is 0 Å². The van der Waals surface area contributed by atoms with Gasteiger partial charge in [-0.3, -0.25) is 9.59 Å². The van der Waals surface area contributed by atoms with Gasteiger partial charge in [0, 0.05) is 19.6 Å². The lowest BCUT2D eigenvalue weighted by Crippen LogP contribution is -2.30. The van der Waals surface area contributed by atoms with Crippen LogP contribution >= 0.6 is 0 Å². The maximum Gasteiger partial charge on any atom is 0.246 e. The van der Waals surface area contributed by atoms with Crippen molar-refractivity contribution >= 4 is 11.8 Å². The predicted octanol–water partition coefficient (Wildman–Crippen LogP) is -0.595. The number of carbonyl (C=O) groups is 2. The summed E-state index contributed by atoms with van der Waals surface area (Å²) >= 11 is 0. The normalized spacial score (nSPS) is 9.62. The molecule has 0 atom stereocenters. The highest BCUT2D eigenvalue weighted by atomic mass is 16.5. The largest absolute Gasteiger partial charge is 0.372 e. The summed E-state index contributed by atoms with van der Waals surface area (Å²) < 4.78 is 4.97. The molecule has 0 heterocycles. The summed E-state index contributed by atoms with van der Waals surface area (Å²) in [6.45, 7) is 2.87. The van der Waals surface area contributed by atoms with Gasteiger partial charge < -0.3 is 15.8 Å². The standard InChI is InChI=1S/C8H16N2O3/c1-2-5-13-6-8(12)10-4-3-7(9)11/h2-6H2,1H3,(H2,9,11)(H,10,12). The molecule has 0 unspecified atom stereocenters. The Labute approximate surface area is 77.6 Å². The zero-order valence-corrected chi connectivity index (χ0v) is 7.84. The van der Waals surface area contributed by atoms with E-state index in [1.54, 1.807) is 0 Å². The third-order valence-corrected chi connectivity index (χ3v) is 1.28. The number of carbonyl (C=O) groups excluding carboxylic acids is 2. The second-order valence-electron chi connectivity index (χ2n) is 2.62. The van der Waals surface area contributed by atoms with Crippen LogP contribution < -0.4 is 11.1 Å². The number of nitrogens with two attached hydrogens (primary N) is 1. The molecule has 0 fully saturated rings. The van der Waals surface area contributed by atoms with Crippen LogP contribution in [0, 0.1) is 0 Å². The molecule has 0 aromatic carbocycles. The number of rotatable bonds is 7. The number of hydrogen-bond acceptors (Lipinski definition) is 3. The van der Waals surface area contributed by atoms with E-state index in [4.69, 9.17) is 10.5 Å². The average Bonchev–Trinajstić information content (AvgIpc) is 2.04. The summed E-state index contributed by atoms with van der Waals surface area (Å²) in [5, 5.41) is 2.51. The van der Waals surface area contributed by atoms with Gasteiger partial charge in [0.1, 0.15) is 6.61 Å². The Morgan fingerprint density at radius 1 is 1.46 bits per heavy atom.